The number of hydrogen-bond donors (Lipinski definition) is 3. The van der Waals surface area contributed by atoms with E-state index in [1.165, 1.54) is 0 Å². The lowest BCUT2D eigenvalue weighted by Gasteiger charge is -2.15. The van der Waals surface area contributed by atoms with Crippen LogP contribution in [0.15, 0.2) is 12.3 Å². The lowest BCUT2D eigenvalue weighted by Crippen LogP contribution is -2.35. The molecule has 1 fully saturated rings. The van der Waals surface area contributed by atoms with Crippen LogP contribution in [-0.2, 0) is 16.1 Å². The second-order valence-electron chi connectivity index (χ2n) is 5.10. The smallest absolute Gasteiger partial charge is 0.307 e. The molecule has 0 aliphatic heterocycles. The standard InChI is InChI=1S/C13H19N3O3/c1-2-8-5-10(11(6-8)13(18)19)12(17)14-7-9-3-4-15-16-9/h3-4,8,10-11H,2,5-7H2,1H3,(H,14,17)(H,15,16)(H,18,19)/t8?,10-,11+/m0/s1. The van der Waals surface area contributed by atoms with Crippen LogP contribution in [0.4, 0.5) is 0 Å². The SMILES string of the molecule is CCC1C[C@H](C(=O)NCc2ccn[nH]2)[C@H](C(=O)O)C1. The van der Waals surface area contributed by atoms with E-state index in [-0.39, 0.29) is 5.91 Å². The van der Waals surface area contributed by atoms with Gasteiger partial charge in [-0.1, -0.05) is 13.3 Å². The summed E-state index contributed by atoms with van der Waals surface area (Å²) in [4.78, 5) is 23.3. The Labute approximate surface area is 111 Å². The summed E-state index contributed by atoms with van der Waals surface area (Å²) in [6.45, 7) is 2.40. The number of aliphatic carboxylic acids is 1. The van der Waals surface area contributed by atoms with Gasteiger partial charge in [-0.15, -0.1) is 0 Å². The van der Waals surface area contributed by atoms with Crippen LogP contribution in [0.3, 0.4) is 0 Å². The number of carbonyl (C=O) groups excluding carboxylic acids is 1. The molecule has 6 nitrogen and oxygen atoms in total. The highest BCUT2D eigenvalue weighted by Gasteiger charge is 2.41. The highest BCUT2D eigenvalue weighted by molar-refractivity contribution is 5.85. The Hall–Kier alpha value is -1.85. The maximum Gasteiger partial charge on any atom is 0.307 e. The van der Waals surface area contributed by atoms with Gasteiger partial charge in [0.2, 0.25) is 5.91 Å². The summed E-state index contributed by atoms with van der Waals surface area (Å²) in [5.74, 6) is -1.66. The molecule has 1 heterocycles. The second-order valence-corrected chi connectivity index (χ2v) is 5.10. The number of H-pyrrole nitrogens is 1. The molecule has 1 aromatic rings. The molecular formula is C13H19N3O3. The second kappa shape index (κ2) is 5.86. The Kier molecular flexibility index (Phi) is 4.19. The predicted octanol–water partition coefficient (Wildman–Crippen LogP) is 1.16. The minimum atomic E-state index is -0.863. The molecule has 19 heavy (non-hydrogen) atoms. The van der Waals surface area contributed by atoms with Gasteiger partial charge in [0.15, 0.2) is 0 Å². The Morgan fingerprint density at radius 3 is 2.79 bits per heavy atom. The molecule has 104 valence electrons. The van der Waals surface area contributed by atoms with E-state index in [2.05, 4.69) is 15.5 Å². The number of aromatic nitrogens is 2. The molecule has 1 aliphatic rings. The fourth-order valence-corrected chi connectivity index (χ4v) is 2.74. The van der Waals surface area contributed by atoms with Crippen molar-refractivity contribution in [2.75, 3.05) is 0 Å². The van der Waals surface area contributed by atoms with Crippen LogP contribution in [0, 0.1) is 17.8 Å². The molecule has 0 bridgehead atoms. The molecule has 1 unspecified atom stereocenters. The Morgan fingerprint density at radius 1 is 1.47 bits per heavy atom. The quantitative estimate of drug-likeness (QED) is 0.744. The van der Waals surface area contributed by atoms with Crippen LogP contribution in [0.25, 0.3) is 0 Å². The third-order valence-electron chi connectivity index (χ3n) is 3.90. The zero-order chi connectivity index (χ0) is 13.8. The maximum atomic E-state index is 12.1. The number of carboxylic acids is 1. The highest BCUT2D eigenvalue weighted by atomic mass is 16.4. The molecule has 0 radical (unpaired) electrons. The van der Waals surface area contributed by atoms with Crippen molar-refractivity contribution in [2.45, 2.75) is 32.7 Å². The summed E-state index contributed by atoms with van der Waals surface area (Å²) >= 11 is 0. The van der Waals surface area contributed by atoms with Crippen molar-refractivity contribution in [3.05, 3.63) is 18.0 Å². The summed E-state index contributed by atoms with van der Waals surface area (Å²) in [6, 6.07) is 1.78. The average Bonchev–Trinajstić information content (AvgIpc) is 3.04. The molecule has 0 spiro atoms. The van der Waals surface area contributed by atoms with E-state index in [4.69, 9.17) is 0 Å². The summed E-state index contributed by atoms with van der Waals surface area (Å²) in [7, 11) is 0. The molecule has 0 aromatic carbocycles. The molecule has 3 N–H and O–H groups in total. The van der Waals surface area contributed by atoms with Crippen LogP contribution in [0.5, 0.6) is 0 Å². The van der Waals surface area contributed by atoms with Crippen molar-refractivity contribution in [3.63, 3.8) is 0 Å². The number of aromatic amines is 1. The fraction of sp³-hybridized carbons (Fsp3) is 0.615. The molecule has 1 aliphatic carbocycles. The molecule has 1 saturated carbocycles. The normalized spacial score (nSPS) is 26.3. The molecule has 1 aromatic heterocycles. The topological polar surface area (TPSA) is 95.1 Å². The first kappa shape index (κ1) is 13.6. The third kappa shape index (κ3) is 3.13. The van der Waals surface area contributed by atoms with Gasteiger partial charge in [-0.05, 0) is 24.8 Å². The van der Waals surface area contributed by atoms with Gasteiger partial charge >= 0.3 is 5.97 Å². The van der Waals surface area contributed by atoms with Crippen LogP contribution in [0.1, 0.15) is 31.9 Å². The summed E-state index contributed by atoms with van der Waals surface area (Å²) in [5, 5.41) is 18.5. The van der Waals surface area contributed by atoms with Gasteiger partial charge in [0.05, 0.1) is 24.1 Å². The minimum absolute atomic E-state index is 0.169. The maximum absolute atomic E-state index is 12.1. The van der Waals surface area contributed by atoms with Crippen molar-refractivity contribution >= 4 is 11.9 Å². The molecule has 3 atom stereocenters. The summed E-state index contributed by atoms with van der Waals surface area (Å²) < 4.78 is 0. The number of rotatable bonds is 5. The van der Waals surface area contributed by atoms with Crippen molar-refractivity contribution in [1.29, 1.82) is 0 Å². The Balaban J connectivity index is 1.94. The van der Waals surface area contributed by atoms with Crippen molar-refractivity contribution in [2.24, 2.45) is 17.8 Å². The molecular weight excluding hydrogens is 246 g/mol. The van der Waals surface area contributed by atoms with E-state index in [1.54, 1.807) is 12.3 Å². The highest BCUT2D eigenvalue weighted by Crippen LogP contribution is 2.38. The van der Waals surface area contributed by atoms with Gasteiger partial charge < -0.3 is 10.4 Å². The van der Waals surface area contributed by atoms with Gasteiger partial charge in [0.1, 0.15) is 0 Å². The summed E-state index contributed by atoms with van der Waals surface area (Å²) in [5.41, 5.74) is 0.810. The van der Waals surface area contributed by atoms with E-state index in [0.717, 1.165) is 12.1 Å². The van der Waals surface area contributed by atoms with Crippen molar-refractivity contribution < 1.29 is 14.7 Å². The number of amides is 1. The fourth-order valence-electron chi connectivity index (χ4n) is 2.74. The van der Waals surface area contributed by atoms with Crippen LogP contribution in [-0.4, -0.2) is 27.2 Å². The number of carboxylic acid groups (broad SMARTS) is 1. The van der Waals surface area contributed by atoms with E-state index in [9.17, 15) is 14.7 Å². The average molecular weight is 265 g/mol. The Morgan fingerprint density at radius 2 is 2.21 bits per heavy atom. The van der Waals surface area contributed by atoms with E-state index in [0.29, 0.717) is 25.3 Å². The number of carbonyl (C=O) groups is 2. The number of nitrogens with one attached hydrogen (secondary N) is 2. The van der Waals surface area contributed by atoms with Gasteiger partial charge in [-0.3, -0.25) is 14.7 Å². The first-order valence-electron chi connectivity index (χ1n) is 6.60. The van der Waals surface area contributed by atoms with Crippen LogP contribution >= 0.6 is 0 Å². The first-order chi connectivity index (χ1) is 9.11. The van der Waals surface area contributed by atoms with Gasteiger partial charge in [-0.25, -0.2) is 0 Å². The van der Waals surface area contributed by atoms with Gasteiger partial charge in [0.25, 0.3) is 0 Å². The van der Waals surface area contributed by atoms with Crippen molar-refractivity contribution in [1.82, 2.24) is 15.5 Å². The zero-order valence-electron chi connectivity index (χ0n) is 10.9. The number of hydrogen-bond acceptors (Lipinski definition) is 3. The predicted molar refractivity (Wildman–Crippen MR) is 68.1 cm³/mol. The van der Waals surface area contributed by atoms with E-state index in [1.807, 2.05) is 6.92 Å². The van der Waals surface area contributed by atoms with E-state index >= 15 is 0 Å². The van der Waals surface area contributed by atoms with Crippen LogP contribution in [0.2, 0.25) is 0 Å². The van der Waals surface area contributed by atoms with Crippen LogP contribution < -0.4 is 5.32 Å². The third-order valence-corrected chi connectivity index (χ3v) is 3.90. The molecule has 0 saturated heterocycles. The lowest BCUT2D eigenvalue weighted by molar-refractivity contribution is -0.146. The number of nitrogens with zero attached hydrogens (tertiary/aromatic N) is 1. The minimum Gasteiger partial charge on any atom is -0.481 e. The monoisotopic (exact) mass is 265 g/mol. The van der Waals surface area contributed by atoms with E-state index < -0.39 is 17.8 Å². The molecule has 2 rings (SSSR count). The first-order valence-corrected chi connectivity index (χ1v) is 6.60. The summed E-state index contributed by atoms with van der Waals surface area (Å²) in [6.07, 6.45) is 3.81. The van der Waals surface area contributed by atoms with Gasteiger partial charge in [0, 0.05) is 6.20 Å². The molecule has 1 amide bonds. The largest absolute Gasteiger partial charge is 0.481 e. The Bertz CT molecular complexity index is 444. The zero-order valence-corrected chi connectivity index (χ0v) is 10.9. The molecule has 6 heteroatoms. The van der Waals surface area contributed by atoms with Crippen molar-refractivity contribution in [3.8, 4) is 0 Å². The van der Waals surface area contributed by atoms with Gasteiger partial charge in [-0.2, -0.15) is 5.10 Å². The lowest BCUT2D eigenvalue weighted by atomic mass is 9.95.